The summed E-state index contributed by atoms with van der Waals surface area (Å²) >= 11 is 0. The number of imidazole rings is 1. The fourth-order valence-corrected chi connectivity index (χ4v) is 3.61. The summed E-state index contributed by atoms with van der Waals surface area (Å²) in [5.41, 5.74) is 0.756. The number of nitrogens with zero attached hydrogens (tertiary/aromatic N) is 2. The number of aryl methyl sites for hydroxylation is 1. The maximum atomic E-state index is 4.63. The van der Waals surface area contributed by atoms with Gasteiger partial charge >= 0.3 is 0 Å². The first-order chi connectivity index (χ1) is 8.87. The normalized spacial score (nSPS) is 22.4. The first kappa shape index (κ1) is 14.6. The van der Waals surface area contributed by atoms with E-state index in [1.807, 2.05) is 6.20 Å². The zero-order valence-corrected chi connectivity index (χ0v) is 13.3. The van der Waals surface area contributed by atoms with E-state index in [-0.39, 0.29) is 0 Å². The molecule has 19 heavy (non-hydrogen) atoms. The third-order valence-corrected chi connectivity index (χ3v) is 5.45. The predicted octanol–water partition coefficient (Wildman–Crippen LogP) is 3.63. The lowest BCUT2D eigenvalue weighted by Gasteiger charge is -2.21. The summed E-state index contributed by atoms with van der Waals surface area (Å²) < 4.78 is 2.28. The quantitative estimate of drug-likeness (QED) is 0.849. The lowest BCUT2D eigenvalue weighted by atomic mass is 10.0. The summed E-state index contributed by atoms with van der Waals surface area (Å²) in [6.45, 7) is 16.0. The second kappa shape index (κ2) is 4.93. The minimum absolute atomic E-state index is 0.375. The van der Waals surface area contributed by atoms with Crippen molar-refractivity contribution in [1.29, 1.82) is 0 Å². The Bertz CT molecular complexity index is 417. The molecular weight excluding hydrogens is 234 g/mol. The van der Waals surface area contributed by atoms with Crippen LogP contribution >= 0.6 is 0 Å². The van der Waals surface area contributed by atoms with Crippen LogP contribution in [0.3, 0.4) is 0 Å². The molecule has 1 atom stereocenters. The maximum absolute atomic E-state index is 4.63. The fourth-order valence-electron chi connectivity index (χ4n) is 3.61. The van der Waals surface area contributed by atoms with Crippen molar-refractivity contribution in [1.82, 2.24) is 14.9 Å². The molecular formula is C16H29N3. The Kier molecular flexibility index (Phi) is 3.78. The first-order valence-electron chi connectivity index (χ1n) is 7.62. The molecule has 2 rings (SSSR count). The van der Waals surface area contributed by atoms with Gasteiger partial charge in [0.15, 0.2) is 0 Å². The third-order valence-electron chi connectivity index (χ3n) is 5.45. The van der Waals surface area contributed by atoms with E-state index >= 15 is 0 Å². The number of nitrogens with one attached hydrogen (secondary N) is 1. The zero-order chi connectivity index (χ0) is 14.3. The SMILES string of the molecule is CCCNC(c1nccn1CC)C1C(C)(C)C1(C)C. The second-order valence-electron chi connectivity index (χ2n) is 6.92. The van der Waals surface area contributed by atoms with E-state index < -0.39 is 0 Å². The Labute approximate surface area is 117 Å². The van der Waals surface area contributed by atoms with Gasteiger partial charge in [-0.2, -0.15) is 0 Å². The van der Waals surface area contributed by atoms with Crippen molar-refractivity contribution in [2.24, 2.45) is 16.7 Å². The van der Waals surface area contributed by atoms with Crippen molar-refractivity contribution in [3.05, 3.63) is 18.2 Å². The molecule has 1 aromatic heterocycles. The first-order valence-corrected chi connectivity index (χ1v) is 7.62. The summed E-state index contributed by atoms with van der Waals surface area (Å²) in [4.78, 5) is 4.63. The predicted molar refractivity (Wildman–Crippen MR) is 80.0 cm³/mol. The van der Waals surface area contributed by atoms with Gasteiger partial charge in [-0.25, -0.2) is 4.98 Å². The molecule has 1 fully saturated rings. The largest absolute Gasteiger partial charge is 0.334 e. The van der Waals surface area contributed by atoms with E-state index in [9.17, 15) is 0 Å². The number of rotatable bonds is 6. The summed E-state index contributed by atoms with van der Waals surface area (Å²) in [5.74, 6) is 1.86. The van der Waals surface area contributed by atoms with Crippen LogP contribution in [0.5, 0.6) is 0 Å². The highest BCUT2D eigenvalue weighted by atomic mass is 15.1. The van der Waals surface area contributed by atoms with Gasteiger partial charge in [0.25, 0.3) is 0 Å². The van der Waals surface area contributed by atoms with Crippen LogP contribution in [0.15, 0.2) is 12.4 Å². The molecule has 108 valence electrons. The minimum Gasteiger partial charge on any atom is -0.334 e. The molecule has 1 heterocycles. The monoisotopic (exact) mass is 263 g/mol. The second-order valence-corrected chi connectivity index (χ2v) is 6.92. The Morgan fingerprint density at radius 3 is 2.37 bits per heavy atom. The molecule has 1 aromatic rings. The van der Waals surface area contributed by atoms with Gasteiger partial charge in [-0.3, -0.25) is 0 Å². The highest BCUT2D eigenvalue weighted by Crippen LogP contribution is 2.72. The molecule has 0 radical (unpaired) electrons. The highest BCUT2D eigenvalue weighted by molar-refractivity contribution is 5.20. The number of hydrogen-bond acceptors (Lipinski definition) is 2. The van der Waals surface area contributed by atoms with Crippen LogP contribution < -0.4 is 5.32 Å². The molecule has 1 aliphatic rings. The van der Waals surface area contributed by atoms with Gasteiger partial charge in [-0.1, -0.05) is 34.6 Å². The summed E-state index contributed by atoms with van der Waals surface area (Å²) in [7, 11) is 0. The molecule has 1 unspecified atom stereocenters. The smallest absolute Gasteiger partial charge is 0.126 e. The van der Waals surface area contributed by atoms with Crippen LogP contribution in [0.2, 0.25) is 0 Å². The average molecular weight is 263 g/mol. The molecule has 0 aromatic carbocycles. The zero-order valence-electron chi connectivity index (χ0n) is 13.3. The Balaban J connectivity index is 2.28. The van der Waals surface area contributed by atoms with E-state index in [2.05, 4.69) is 62.6 Å². The van der Waals surface area contributed by atoms with Crippen LogP contribution in [-0.4, -0.2) is 16.1 Å². The lowest BCUT2D eigenvalue weighted by molar-refractivity contribution is 0.381. The van der Waals surface area contributed by atoms with Gasteiger partial charge in [0.05, 0.1) is 6.04 Å². The third kappa shape index (κ3) is 2.22. The van der Waals surface area contributed by atoms with Gasteiger partial charge in [-0.05, 0) is 36.6 Å². The van der Waals surface area contributed by atoms with Gasteiger partial charge in [0, 0.05) is 18.9 Å². The van der Waals surface area contributed by atoms with Crippen LogP contribution in [0.25, 0.3) is 0 Å². The molecule has 3 heteroatoms. The van der Waals surface area contributed by atoms with E-state index in [1.165, 1.54) is 5.82 Å². The van der Waals surface area contributed by atoms with Gasteiger partial charge < -0.3 is 9.88 Å². The Morgan fingerprint density at radius 1 is 1.26 bits per heavy atom. The molecule has 0 saturated heterocycles. The van der Waals surface area contributed by atoms with E-state index in [0.717, 1.165) is 19.5 Å². The van der Waals surface area contributed by atoms with Crippen LogP contribution in [-0.2, 0) is 6.54 Å². The van der Waals surface area contributed by atoms with E-state index in [0.29, 0.717) is 22.8 Å². The fraction of sp³-hybridized carbons (Fsp3) is 0.812. The standard InChI is InChI=1S/C16H29N3/c1-7-9-17-12(13-15(3,4)16(13,5)6)14-18-10-11-19(14)8-2/h10-13,17H,7-9H2,1-6H3. The Morgan fingerprint density at radius 2 is 1.89 bits per heavy atom. The van der Waals surface area contributed by atoms with Crippen molar-refractivity contribution in [2.75, 3.05) is 6.54 Å². The number of hydrogen-bond donors (Lipinski definition) is 1. The summed E-state index contributed by atoms with van der Waals surface area (Å²) in [6.07, 6.45) is 5.19. The van der Waals surface area contributed by atoms with Crippen molar-refractivity contribution in [3.63, 3.8) is 0 Å². The highest BCUT2D eigenvalue weighted by Gasteiger charge is 2.67. The van der Waals surface area contributed by atoms with Gasteiger partial charge in [0.1, 0.15) is 5.82 Å². The van der Waals surface area contributed by atoms with E-state index in [4.69, 9.17) is 0 Å². The Hall–Kier alpha value is -0.830. The van der Waals surface area contributed by atoms with Crippen LogP contribution in [0, 0.1) is 16.7 Å². The molecule has 0 aliphatic heterocycles. The van der Waals surface area contributed by atoms with Crippen molar-refractivity contribution in [2.45, 2.75) is 60.5 Å². The molecule has 3 nitrogen and oxygen atoms in total. The molecule has 1 saturated carbocycles. The van der Waals surface area contributed by atoms with Crippen LogP contribution in [0.4, 0.5) is 0 Å². The van der Waals surface area contributed by atoms with Crippen LogP contribution in [0.1, 0.15) is 59.8 Å². The minimum atomic E-state index is 0.375. The molecule has 1 aliphatic carbocycles. The van der Waals surface area contributed by atoms with Gasteiger partial charge in [0.2, 0.25) is 0 Å². The van der Waals surface area contributed by atoms with Gasteiger partial charge in [-0.15, -0.1) is 0 Å². The maximum Gasteiger partial charge on any atom is 0.126 e. The van der Waals surface area contributed by atoms with Crippen molar-refractivity contribution >= 4 is 0 Å². The molecule has 0 bridgehead atoms. The number of aromatic nitrogens is 2. The van der Waals surface area contributed by atoms with Crippen molar-refractivity contribution in [3.8, 4) is 0 Å². The summed E-state index contributed by atoms with van der Waals surface area (Å²) in [6, 6.07) is 0.375. The van der Waals surface area contributed by atoms with E-state index in [1.54, 1.807) is 0 Å². The molecule has 1 N–H and O–H groups in total. The average Bonchev–Trinajstić information content (AvgIpc) is 2.74. The lowest BCUT2D eigenvalue weighted by Crippen LogP contribution is -2.29. The molecule has 0 spiro atoms. The van der Waals surface area contributed by atoms with Crippen molar-refractivity contribution < 1.29 is 0 Å². The summed E-state index contributed by atoms with van der Waals surface area (Å²) in [5, 5.41) is 3.74. The molecule has 0 amide bonds. The topological polar surface area (TPSA) is 29.9 Å².